The SMILES string of the molecule is CCC(C)C(N)C(=O)NC(c1ccccc1)C1CC1. The van der Waals surface area contributed by atoms with Gasteiger partial charge in [0.15, 0.2) is 0 Å². The number of carbonyl (C=O) groups is 1. The summed E-state index contributed by atoms with van der Waals surface area (Å²) in [5.74, 6) is 0.779. The van der Waals surface area contributed by atoms with Crippen LogP contribution in [0.15, 0.2) is 30.3 Å². The van der Waals surface area contributed by atoms with Gasteiger partial charge in [-0.15, -0.1) is 0 Å². The second-order valence-corrected chi connectivity index (χ2v) is 5.65. The first-order valence-corrected chi connectivity index (χ1v) is 7.24. The average Bonchev–Trinajstić information content (AvgIpc) is 3.28. The Balaban J connectivity index is 2.04. The van der Waals surface area contributed by atoms with Crippen molar-refractivity contribution in [2.24, 2.45) is 17.6 Å². The molecular weight excluding hydrogens is 236 g/mol. The van der Waals surface area contributed by atoms with Gasteiger partial charge in [-0.2, -0.15) is 0 Å². The Labute approximate surface area is 115 Å². The summed E-state index contributed by atoms with van der Waals surface area (Å²) in [4.78, 5) is 12.2. The summed E-state index contributed by atoms with van der Waals surface area (Å²) in [6.45, 7) is 4.09. The maximum absolute atomic E-state index is 12.2. The number of carbonyl (C=O) groups excluding carboxylic acids is 1. The molecule has 0 aromatic heterocycles. The molecule has 1 fully saturated rings. The van der Waals surface area contributed by atoms with Gasteiger partial charge < -0.3 is 11.1 Å². The number of nitrogens with one attached hydrogen (secondary N) is 1. The fourth-order valence-electron chi connectivity index (χ4n) is 2.33. The zero-order chi connectivity index (χ0) is 13.8. The molecule has 1 aliphatic carbocycles. The summed E-state index contributed by atoms with van der Waals surface area (Å²) in [6, 6.07) is 9.92. The van der Waals surface area contributed by atoms with Crippen molar-refractivity contribution in [1.29, 1.82) is 0 Å². The third-order valence-electron chi connectivity index (χ3n) is 4.11. The van der Waals surface area contributed by atoms with Crippen molar-refractivity contribution >= 4 is 5.91 Å². The minimum absolute atomic E-state index is 0.0184. The van der Waals surface area contributed by atoms with E-state index in [9.17, 15) is 4.79 Å². The molecule has 1 saturated carbocycles. The molecule has 3 nitrogen and oxygen atoms in total. The number of rotatable bonds is 6. The fraction of sp³-hybridized carbons (Fsp3) is 0.562. The summed E-state index contributed by atoms with van der Waals surface area (Å²) in [5, 5.41) is 3.15. The largest absolute Gasteiger partial charge is 0.348 e. The standard InChI is InChI=1S/C16H24N2O/c1-3-11(2)14(17)16(19)18-15(13-9-10-13)12-7-5-4-6-8-12/h4-8,11,13-15H,3,9-10,17H2,1-2H3,(H,18,19). The van der Waals surface area contributed by atoms with Gasteiger partial charge in [-0.25, -0.2) is 0 Å². The highest BCUT2D eigenvalue weighted by molar-refractivity contribution is 5.82. The zero-order valence-electron chi connectivity index (χ0n) is 11.8. The molecule has 3 unspecified atom stereocenters. The molecule has 2 rings (SSSR count). The second-order valence-electron chi connectivity index (χ2n) is 5.65. The monoisotopic (exact) mass is 260 g/mol. The second kappa shape index (κ2) is 6.20. The number of nitrogens with two attached hydrogens (primary N) is 1. The highest BCUT2D eigenvalue weighted by Gasteiger charge is 2.34. The molecule has 104 valence electrons. The molecule has 0 radical (unpaired) electrons. The van der Waals surface area contributed by atoms with Crippen LogP contribution in [0.5, 0.6) is 0 Å². The highest BCUT2D eigenvalue weighted by atomic mass is 16.2. The summed E-state index contributed by atoms with van der Waals surface area (Å²) >= 11 is 0. The molecular formula is C16H24N2O. The number of hydrogen-bond acceptors (Lipinski definition) is 2. The van der Waals surface area contributed by atoms with Gasteiger partial charge in [-0.05, 0) is 30.2 Å². The Bertz CT molecular complexity index is 414. The van der Waals surface area contributed by atoms with Gasteiger partial charge in [0.25, 0.3) is 0 Å². The molecule has 19 heavy (non-hydrogen) atoms. The molecule has 1 amide bonds. The van der Waals surface area contributed by atoms with E-state index in [0.717, 1.165) is 6.42 Å². The number of amides is 1. The van der Waals surface area contributed by atoms with Gasteiger partial charge in [0.05, 0.1) is 12.1 Å². The van der Waals surface area contributed by atoms with E-state index in [-0.39, 0.29) is 17.9 Å². The Kier molecular flexibility index (Phi) is 4.59. The smallest absolute Gasteiger partial charge is 0.237 e. The molecule has 0 bridgehead atoms. The highest BCUT2D eigenvalue weighted by Crippen LogP contribution is 2.40. The van der Waals surface area contributed by atoms with Gasteiger partial charge >= 0.3 is 0 Å². The van der Waals surface area contributed by atoms with Crippen LogP contribution in [0.3, 0.4) is 0 Å². The summed E-state index contributed by atoms with van der Waals surface area (Å²) < 4.78 is 0. The third kappa shape index (κ3) is 3.57. The minimum atomic E-state index is -0.407. The fourth-order valence-corrected chi connectivity index (χ4v) is 2.33. The summed E-state index contributed by atoms with van der Waals surface area (Å²) in [7, 11) is 0. The van der Waals surface area contributed by atoms with E-state index in [0.29, 0.717) is 5.92 Å². The maximum atomic E-state index is 12.2. The third-order valence-corrected chi connectivity index (χ3v) is 4.11. The van der Waals surface area contributed by atoms with Crippen LogP contribution in [-0.4, -0.2) is 11.9 Å². The maximum Gasteiger partial charge on any atom is 0.237 e. The number of benzene rings is 1. The predicted octanol–water partition coefficient (Wildman–Crippen LogP) is 2.63. The van der Waals surface area contributed by atoms with Crippen LogP contribution >= 0.6 is 0 Å². The Morgan fingerprint density at radius 2 is 2.00 bits per heavy atom. The molecule has 1 aromatic carbocycles. The molecule has 1 aliphatic rings. The van der Waals surface area contributed by atoms with Crippen LogP contribution in [-0.2, 0) is 4.79 Å². The van der Waals surface area contributed by atoms with Crippen LogP contribution in [0.4, 0.5) is 0 Å². The van der Waals surface area contributed by atoms with Crippen molar-refractivity contribution in [3.63, 3.8) is 0 Å². The van der Waals surface area contributed by atoms with Crippen LogP contribution < -0.4 is 11.1 Å². The predicted molar refractivity (Wildman–Crippen MR) is 77.5 cm³/mol. The average molecular weight is 260 g/mol. The lowest BCUT2D eigenvalue weighted by molar-refractivity contribution is -0.124. The summed E-state index contributed by atoms with van der Waals surface area (Å²) in [6.07, 6.45) is 3.31. The van der Waals surface area contributed by atoms with Crippen LogP contribution in [0, 0.1) is 11.8 Å². The lowest BCUT2D eigenvalue weighted by Crippen LogP contribution is -2.46. The van der Waals surface area contributed by atoms with Crippen LogP contribution in [0.1, 0.15) is 44.7 Å². The van der Waals surface area contributed by atoms with Gasteiger partial charge in [0.2, 0.25) is 5.91 Å². The number of hydrogen-bond donors (Lipinski definition) is 2. The van der Waals surface area contributed by atoms with Crippen molar-refractivity contribution < 1.29 is 4.79 Å². The normalized spacial score (nSPS) is 19.5. The molecule has 1 aromatic rings. The Morgan fingerprint density at radius 3 is 2.53 bits per heavy atom. The quantitative estimate of drug-likeness (QED) is 0.826. The first kappa shape index (κ1) is 14.1. The Hall–Kier alpha value is -1.35. The van der Waals surface area contributed by atoms with E-state index >= 15 is 0 Å². The van der Waals surface area contributed by atoms with Crippen molar-refractivity contribution in [3.8, 4) is 0 Å². The van der Waals surface area contributed by atoms with Crippen molar-refractivity contribution in [2.75, 3.05) is 0 Å². The minimum Gasteiger partial charge on any atom is -0.348 e. The molecule has 3 N–H and O–H groups in total. The molecule has 3 atom stereocenters. The lowest BCUT2D eigenvalue weighted by Gasteiger charge is -2.23. The van der Waals surface area contributed by atoms with Crippen molar-refractivity contribution in [1.82, 2.24) is 5.32 Å². The summed E-state index contributed by atoms with van der Waals surface area (Å²) in [5.41, 5.74) is 7.20. The first-order valence-electron chi connectivity index (χ1n) is 7.24. The van der Waals surface area contributed by atoms with E-state index < -0.39 is 6.04 Å². The van der Waals surface area contributed by atoms with E-state index in [1.165, 1.54) is 18.4 Å². The first-order chi connectivity index (χ1) is 9.13. The molecule has 0 aliphatic heterocycles. The lowest BCUT2D eigenvalue weighted by atomic mass is 9.97. The van der Waals surface area contributed by atoms with Gasteiger partial charge in [0, 0.05) is 0 Å². The topological polar surface area (TPSA) is 55.1 Å². The van der Waals surface area contributed by atoms with E-state index in [1.54, 1.807) is 0 Å². The van der Waals surface area contributed by atoms with E-state index in [1.807, 2.05) is 25.1 Å². The molecule has 0 spiro atoms. The van der Waals surface area contributed by atoms with Crippen molar-refractivity contribution in [3.05, 3.63) is 35.9 Å². The van der Waals surface area contributed by atoms with E-state index in [2.05, 4.69) is 24.4 Å². The van der Waals surface area contributed by atoms with Crippen molar-refractivity contribution in [2.45, 2.75) is 45.2 Å². The molecule has 0 saturated heterocycles. The van der Waals surface area contributed by atoms with Gasteiger partial charge in [-0.3, -0.25) is 4.79 Å². The van der Waals surface area contributed by atoms with Crippen LogP contribution in [0.25, 0.3) is 0 Å². The Morgan fingerprint density at radius 1 is 1.37 bits per heavy atom. The van der Waals surface area contributed by atoms with Gasteiger partial charge in [0.1, 0.15) is 0 Å². The molecule has 3 heteroatoms. The van der Waals surface area contributed by atoms with E-state index in [4.69, 9.17) is 5.73 Å². The zero-order valence-corrected chi connectivity index (χ0v) is 11.8. The molecule has 0 heterocycles. The van der Waals surface area contributed by atoms with Gasteiger partial charge in [-0.1, -0.05) is 50.6 Å². The van der Waals surface area contributed by atoms with Crippen LogP contribution in [0.2, 0.25) is 0 Å².